The molecule has 10 aromatic carbocycles. The van der Waals surface area contributed by atoms with Gasteiger partial charge in [-0.3, -0.25) is 0 Å². The average molecular weight is 867 g/mol. The van der Waals surface area contributed by atoms with E-state index in [1.54, 1.807) is 0 Å². The maximum Gasteiger partial charge on any atom is 0.160 e. The van der Waals surface area contributed by atoms with Gasteiger partial charge in [-0.2, -0.15) is 0 Å². The number of hydrogen-bond donors (Lipinski definition) is 0. The van der Waals surface area contributed by atoms with Gasteiger partial charge in [-0.05, 0) is 88.0 Å². The van der Waals surface area contributed by atoms with Crippen molar-refractivity contribution in [3.8, 4) is 78.7 Å². The van der Waals surface area contributed by atoms with Crippen LogP contribution in [-0.4, -0.2) is 19.1 Å². The van der Waals surface area contributed by atoms with E-state index >= 15 is 0 Å². The fraction of sp³-hybridized carbons (Fsp3) is 0. The molecule has 0 atom stereocenters. The standard InChI is InChI=1S/C64H42N4/c1-4-15-43(16-5-1)44-27-29-45(30-28-44)46-31-35-52(36-32-46)67-60-25-12-10-23-54(60)56-37-33-49(40-62(56)67)50-34-38-57-55-24-11-13-26-61(55)68(63(57)41-50)53-22-14-21-51(39-53)64-65-58(47-17-6-2-7-18-47)42-59(66-64)48-19-8-3-9-20-48/h1-42H. The molecular weight excluding hydrogens is 825 g/mol. The lowest BCUT2D eigenvalue weighted by molar-refractivity contribution is 1.16. The van der Waals surface area contributed by atoms with Crippen LogP contribution in [0.1, 0.15) is 0 Å². The topological polar surface area (TPSA) is 35.6 Å². The van der Waals surface area contributed by atoms with Crippen molar-refractivity contribution in [2.45, 2.75) is 0 Å². The second kappa shape index (κ2) is 16.4. The molecule has 0 saturated heterocycles. The minimum Gasteiger partial charge on any atom is -0.309 e. The SMILES string of the molecule is c1ccc(-c2ccc(-c3ccc(-n4c5ccccc5c5ccc(-c6ccc7c8ccccc8n(-c8cccc(-c9nc(-c%10ccccc%10)cc(-c%10ccccc%10)n9)c8)c7c6)cc54)cc3)cc2)cc1. The molecule has 0 aliphatic carbocycles. The Morgan fingerprint density at radius 1 is 0.221 bits per heavy atom. The summed E-state index contributed by atoms with van der Waals surface area (Å²) in [6, 6.07) is 91.2. The predicted molar refractivity (Wildman–Crippen MR) is 283 cm³/mol. The molecule has 13 rings (SSSR count). The quantitative estimate of drug-likeness (QED) is 0.153. The van der Waals surface area contributed by atoms with E-state index in [0.717, 1.165) is 61.6 Å². The van der Waals surface area contributed by atoms with Crippen molar-refractivity contribution in [1.82, 2.24) is 19.1 Å². The fourth-order valence-electron chi connectivity index (χ4n) is 10.0. The molecule has 4 nitrogen and oxygen atoms in total. The van der Waals surface area contributed by atoms with Crippen molar-refractivity contribution >= 4 is 43.6 Å². The molecule has 13 aromatic rings. The van der Waals surface area contributed by atoms with Crippen molar-refractivity contribution in [2.75, 3.05) is 0 Å². The Bertz CT molecular complexity index is 3920. The summed E-state index contributed by atoms with van der Waals surface area (Å²) in [5.74, 6) is 0.685. The molecule has 4 heteroatoms. The number of benzene rings is 10. The van der Waals surface area contributed by atoms with Crippen molar-refractivity contribution in [2.24, 2.45) is 0 Å². The highest BCUT2D eigenvalue weighted by Crippen LogP contribution is 2.39. The van der Waals surface area contributed by atoms with Gasteiger partial charge in [0.2, 0.25) is 0 Å². The Hall–Kier alpha value is -9.12. The Morgan fingerprint density at radius 2 is 0.603 bits per heavy atom. The smallest absolute Gasteiger partial charge is 0.160 e. The van der Waals surface area contributed by atoms with Crippen LogP contribution in [0.15, 0.2) is 255 Å². The summed E-state index contributed by atoms with van der Waals surface area (Å²) in [7, 11) is 0. The maximum atomic E-state index is 5.18. The molecule has 0 aliphatic heterocycles. The minimum absolute atomic E-state index is 0.685. The van der Waals surface area contributed by atoms with Crippen LogP contribution >= 0.6 is 0 Å². The molecule has 0 bridgehead atoms. The Labute approximate surface area is 394 Å². The van der Waals surface area contributed by atoms with E-state index in [1.165, 1.54) is 54.8 Å². The van der Waals surface area contributed by atoms with Gasteiger partial charge in [-0.25, -0.2) is 9.97 Å². The van der Waals surface area contributed by atoms with Crippen molar-refractivity contribution in [3.63, 3.8) is 0 Å². The van der Waals surface area contributed by atoms with Crippen LogP contribution in [0.25, 0.3) is 122 Å². The first-order valence-electron chi connectivity index (χ1n) is 23.1. The number of rotatable bonds is 8. The van der Waals surface area contributed by atoms with Gasteiger partial charge in [-0.15, -0.1) is 0 Å². The fourth-order valence-corrected chi connectivity index (χ4v) is 10.0. The Morgan fingerprint density at radius 3 is 1.12 bits per heavy atom. The first kappa shape index (κ1) is 39.3. The summed E-state index contributed by atoms with van der Waals surface area (Å²) >= 11 is 0. The summed E-state index contributed by atoms with van der Waals surface area (Å²) in [5, 5.41) is 4.87. The van der Waals surface area contributed by atoms with Crippen LogP contribution in [0, 0.1) is 0 Å². The molecule has 68 heavy (non-hydrogen) atoms. The summed E-state index contributed by atoms with van der Waals surface area (Å²) in [5.41, 5.74) is 18.8. The largest absolute Gasteiger partial charge is 0.309 e. The first-order valence-corrected chi connectivity index (χ1v) is 23.1. The van der Waals surface area contributed by atoms with Crippen LogP contribution in [0.3, 0.4) is 0 Å². The Kier molecular flexibility index (Phi) is 9.47. The highest BCUT2D eigenvalue weighted by molar-refractivity contribution is 6.12. The predicted octanol–water partition coefficient (Wildman–Crippen LogP) is 16.7. The van der Waals surface area contributed by atoms with E-state index in [2.05, 4.69) is 252 Å². The van der Waals surface area contributed by atoms with Gasteiger partial charge < -0.3 is 9.13 Å². The van der Waals surface area contributed by atoms with Gasteiger partial charge in [0.1, 0.15) is 0 Å². The summed E-state index contributed by atoms with van der Waals surface area (Å²) in [6.45, 7) is 0. The number of fused-ring (bicyclic) bond motifs is 6. The third-order valence-corrected chi connectivity index (χ3v) is 13.4. The molecule has 3 aromatic heterocycles. The molecule has 0 saturated carbocycles. The molecule has 0 aliphatic rings. The minimum atomic E-state index is 0.685. The summed E-state index contributed by atoms with van der Waals surface area (Å²) in [4.78, 5) is 10.4. The maximum absolute atomic E-state index is 5.18. The zero-order valence-corrected chi connectivity index (χ0v) is 37.0. The van der Waals surface area contributed by atoms with E-state index < -0.39 is 0 Å². The highest BCUT2D eigenvalue weighted by Gasteiger charge is 2.18. The molecule has 3 heterocycles. The molecule has 0 fully saturated rings. The van der Waals surface area contributed by atoms with Crippen molar-refractivity contribution in [3.05, 3.63) is 255 Å². The summed E-state index contributed by atoms with van der Waals surface area (Å²) < 4.78 is 4.80. The molecular formula is C64H42N4. The van der Waals surface area contributed by atoms with Crippen LogP contribution in [-0.2, 0) is 0 Å². The van der Waals surface area contributed by atoms with Crippen molar-refractivity contribution < 1.29 is 0 Å². The van der Waals surface area contributed by atoms with Gasteiger partial charge in [0, 0.05) is 49.6 Å². The van der Waals surface area contributed by atoms with Crippen LogP contribution in [0.2, 0.25) is 0 Å². The normalized spacial score (nSPS) is 11.5. The molecule has 0 amide bonds. The second-order valence-electron chi connectivity index (χ2n) is 17.4. The molecule has 318 valence electrons. The zero-order valence-electron chi connectivity index (χ0n) is 37.0. The number of hydrogen-bond acceptors (Lipinski definition) is 2. The van der Waals surface area contributed by atoms with E-state index in [9.17, 15) is 0 Å². The van der Waals surface area contributed by atoms with Crippen molar-refractivity contribution in [1.29, 1.82) is 0 Å². The monoisotopic (exact) mass is 866 g/mol. The summed E-state index contributed by atoms with van der Waals surface area (Å²) in [6.07, 6.45) is 0. The average Bonchev–Trinajstić information content (AvgIpc) is 3.94. The van der Waals surface area contributed by atoms with Gasteiger partial charge >= 0.3 is 0 Å². The van der Waals surface area contributed by atoms with Gasteiger partial charge in [-0.1, -0.05) is 200 Å². The van der Waals surface area contributed by atoms with E-state index in [0.29, 0.717) is 5.82 Å². The highest BCUT2D eigenvalue weighted by atomic mass is 15.0. The van der Waals surface area contributed by atoms with Crippen LogP contribution in [0.4, 0.5) is 0 Å². The zero-order chi connectivity index (χ0) is 45.0. The Balaban J connectivity index is 0.910. The molecule has 0 radical (unpaired) electrons. The number of para-hydroxylation sites is 2. The van der Waals surface area contributed by atoms with Gasteiger partial charge in [0.25, 0.3) is 0 Å². The van der Waals surface area contributed by atoms with Gasteiger partial charge in [0.15, 0.2) is 5.82 Å². The lowest BCUT2D eigenvalue weighted by atomic mass is 10.00. The van der Waals surface area contributed by atoms with E-state index in [4.69, 9.17) is 9.97 Å². The van der Waals surface area contributed by atoms with Gasteiger partial charge in [0.05, 0.1) is 33.5 Å². The third-order valence-electron chi connectivity index (χ3n) is 13.4. The first-order chi connectivity index (χ1) is 33.7. The van der Waals surface area contributed by atoms with Crippen LogP contribution in [0.5, 0.6) is 0 Å². The lowest BCUT2D eigenvalue weighted by Gasteiger charge is -2.13. The molecule has 0 N–H and O–H groups in total. The van der Waals surface area contributed by atoms with E-state index in [-0.39, 0.29) is 0 Å². The van der Waals surface area contributed by atoms with Crippen LogP contribution < -0.4 is 0 Å². The number of aromatic nitrogens is 4. The second-order valence-corrected chi connectivity index (χ2v) is 17.4. The molecule has 0 spiro atoms. The molecule has 0 unspecified atom stereocenters. The number of nitrogens with zero attached hydrogens (tertiary/aromatic N) is 4. The lowest BCUT2D eigenvalue weighted by Crippen LogP contribution is -1.98. The van der Waals surface area contributed by atoms with E-state index in [1.807, 2.05) is 12.1 Å². The third kappa shape index (κ3) is 6.86.